The van der Waals surface area contributed by atoms with Crippen molar-refractivity contribution in [3.63, 3.8) is 0 Å². The summed E-state index contributed by atoms with van der Waals surface area (Å²) in [4.78, 5) is 29.5. The third-order valence-corrected chi connectivity index (χ3v) is 5.55. The Hall–Kier alpha value is -2.93. The summed E-state index contributed by atoms with van der Waals surface area (Å²) in [5.41, 5.74) is 3.29. The monoisotopic (exact) mass is 392 g/mol. The molecule has 142 valence electrons. The van der Waals surface area contributed by atoms with Gasteiger partial charge >= 0.3 is 0 Å². The fraction of sp³-hybridized carbons (Fsp3) is 0.238. The third-order valence-electron chi connectivity index (χ3n) is 4.70. The Morgan fingerprint density at radius 1 is 1.07 bits per heavy atom. The molecule has 0 saturated heterocycles. The van der Waals surface area contributed by atoms with E-state index in [4.69, 9.17) is 0 Å². The minimum absolute atomic E-state index is 0.00756. The molecule has 0 atom stereocenters. The average Bonchev–Trinajstić information content (AvgIpc) is 2.74. The Bertz CT molecular complexity index is 1040. The number of H-pyrrole nitrogens is 1. The average molecular weight is 392 g/mol. The van der Waals surface area contributed by atoms with Gasteiger partial charge in [-0.2, -0.15) is 0 Å². The van der Waals surface area contributed by atoms with Crippen LogP contribution in [0, 0.1) is 0 Å². The SMILES string of the molecule is O=C(CSc1nnc(Cc2ccccc2)c(=O)[nH]1)N1CCCc2ccccc21. The lowest BCUT2D eigenvalue weighted by Gasteiger charge is -2.29. The second kappa shape index (κ2) is 8.39. The van der Waals surface area contributed by atoms with Crippen molar-refractivity contribution in [2.75, 3.05) is 17.2 Å². The Kier molecular flexibility index (Phi) is 5.53. The maximum atomic E-state index is 12.7. The van der Waals surface area contributed by atoms with Gasteiger partial charge in [0, 0.05) is 18.7 Å². The van der Waals surface area contributed by atoms with Gasteiger partial charge < -0.3 is 4.90 Å². The van der Waals surface area contributed by atoms with E-state index in [0.29, 0.717) is 23.8 Å². The minimum atomic E-state index is -0.267. The van der Waals surface area contributed by atoms with E-state index in [-0.39, 0.29) is 17.2 Å². The van der Waals surface area contributed by atoms with Gasteiger partial charge in [-0.25, -0.2) is 0 Å². The number of nitrogens with zero attached hydrogens (tertiary/aromatic N) is 3. The third kappa shape index (κ3) is 4.14. The second-order valence-corrected chi connectivity index (χ2v) is 7.60. The lowest BCUT2D eigenvalue weighted by molar-refractivity contribution is -0.116. The Labute approximate surface area is 167 Å². The number of thioether (sulfide) groups is 1. The molecule has 0 aliphatic carbocycles. The summed E-state index contributed by atoms with van der Waals surface area (Å²) >= 11 is 1.21. The number of anilines is 1. The lowest BCUT2D eigenvalue weighted by Crippen LogP contribution is -2.36. The molecule has 1 N–H and O–H groups in total. The van der Waals surface area contributed by atoms with Gasteiger partial charge in [0.1, 0.15) is 5.69 Å². The first kappa shape index (κ1) is 18.4. The van der Waals surface area contributed by atoms with E-state index < -0.39 is 0 Å². The number of rotatable bonds is 5. The van der Waals surface area contributed by atoms with Crippen LogP contribution in [0.25, 0.3) is 0 Å². The van der Waals surface area contributed by atoms with Gasteiger partial charge in [-0.15, -0.1) is 10.2 Å². The maximum absolute atomic E-state index is 12.7. The number of nitrogens with one attached hydrogen (secondary N) is 1. The minimum Gasteiger partial charge on any atom is -0.311 e. The van der Waals surface area contributed by atoms with Crippen molar-refractivity contribution < 1.29 is 4.79 Å². The van der Waals surface area contributed by atoms with Crippen LogP contribution in [0.4, 0.5) is 5.69 Å². The van der Waals surface area contributed by atoms with Gasteiger partial charge in [-0.05, 0) is 30.0 Å². The standard InChI is InChI=1S/C21H20N4O2S/c26-19(25-12-6-10-16-9-4-5-11-18(16)25)14-28-21-22-20(27)17(23-24-21)13-15-7-2-1-3-8-15/h1-5,7-9,11H,6,10,12-14H2,(H,22,24,27). The zero-order valence-electron chi connectivity index (χ0n) is 15.3. The summed E-state index contributed by atoms with van der Waals surface area (Å²) in [5.74, 6) is 0.213. The fourth-order valence-corrected chi connectivity index (χ4v) is 4.00. The molecule has 0 bridgehead atoms. The van der Waals surface area contributed by atoms with Crippen LogP contribution in [0.3, 0.4) is 0 Å². The number of benzene rings is 2. The maximum Gasteiger partial charge on any atom is 0.273 e. The topological polar surface area (TPSA) is 79.0 Å². The molecule has 3 aromatic rings. The molecule has 1 aliphatic heterocycles. The van der Waals surface area contributed by atoms with Crippen molar-refractivity contribution >= 4 is 23.4 Å². The number of hydrogen-bond donors (Lipinski definition) is 1. The summed E-state index contributed by atoms with van der Waals surface area (Å²) in [7, 11) is 0. The van der Waals surface area contributed by atoms with Crippen molar-refractivity contribution in [2.45, 2.75) is 24.4 Å². The van der Waals surface area contributed by atoms with Crippen LogP contribution < -0.4 is 10.5 Å². The molecule has 0 spiro atoms. The highest BCUT2D eigenvalue weighted by atomic mass is 32.2. The summed E-state index contributed by atoms with van der Waals surface area (Å²) in [6.07, 6.45) is 2.38. The number of fused-ring (bicyclic) bond motifs is 1. The van der Waals surface area contributed by atoms with E-state index in [9.17, 15) is 9.59 Å². The van der Waals surface area contributed by atoms with Gasteiger partial charge in [-0.1, -0.05) is 60.3 Å². The lowest BCUT2D eigenvalue weighted by atomic mass is 10.0. The van der Waals surface area contributed by atoms with Crippen LogP contribution in [0.1, 0.15) is 23.2 Å². The zero-order valence-corrected chi connectivity index (χ0v) is 16.1. The quantitative estimate of drug-likeness (QED) is 0.676. The molecule has 4 rings (SSSR count). The Morgan fingerprint density at radius 3 is 2.68 bits per heavy atom. The van der Waals surface area contributed by atoms with Crippen LogP contribution in [-0.2, 0) is 17.6 Å². The molecular weight excluding hydrogens is 372 g/mol. The molecule has 6 nitrogen and oxygen atoms in total. The molecule has 0 radical (unpaired) electrons. The summed E-state index contributed by atoms with van der Waals surface area (Å²) in [6, 6.07) is 17.7. The van der Waals surface area contributed by atoms with Crippen LogP contribution in [0.2, 0.25) is 0 Å². The number of hydrogen-bond acceptors (Lipinski definition) is 5. The Balaban J connectivity index is 1.41. The van der Waals surface area contributed by atoms with E-state index in [1.807, 2.05) is 53.4 Å². The van der Waals surface area contributed by atoms with Crippen molar-refractivity contribution in [1.29, 1.82) is 0 Å². The van der Waals surface area contributed by atoms with Gasteiger partial charge in [0.15, 0.2) is 5.16 Å². The van der Waals surface area contributed by atoms with Crippen LogP contribution in [-0.4, -0.2) is 33.4 Å². The molecule has 1 aromatic heterocycles. The molecule has 1 aliphatic rings. The van der Waals surface area contributed by atoms with Crippen molar-refractivity contribution in [2.24, 2.45) is 0 Å². The summed E-state index contributed by atoms with van der Waals surface area (Å²) in [5, 5.41) is 8.51. The van der Waals surface area contributed by atoms with E-state index in [1.165, 1.54) is 17.3 Å². The molecule has 28 heavy (non-hydrogen) atoms. The van der Waals surface area contributed by atoms with Crippen molar-refractivity contribution in [1.82, 2.24) is 15.2 Å². The van der Waals surface area contributed by atoms with Gasteiger partial charge in [0.25, 0.3) is 5.56 Å². The number of amides is 1. The van der Waals surface area contributed by atoms with Crippen molar-refractivity contribution in [3.8, 4) is 0 Å². The first-order chi connectivity index (χ1) is 13.7. The number of aryl methyl sites for hydroxylation is 1. The molecule has 0 unspecified atom stereocenters. The highest BCUT2D eigenvalue weighted by Gasteiger charge is 2.22. The summed E-state index contributed by atoms with van der Waals surface area (Å²) < 4.78 is 0. The van der Waals surface area contributed by atoms with Gasteiger partial charge in [0.05, 0.1) is 5.75 Å². The molecular formula is C21H20N4O2S. The van der Waals surface area contributed by atoms with Crippen LogP contribution >= 0.6 is 11.8 Å². The molecule has 0 saturated carbocycles. The van der Waals surface area contributed by atoms with E-state index >= 15 is 0 Å². The zero-order chi connectivity index (χ0) is 19.3. The number of para-hydroxylation sites is 1. The molecule has 7 heteroatoms. The second-order valence-electron chi connectivity index (χ2n) is 6.63. The highest BCUT2D eigenvalue weighted by molar-refractivity contribution is 7.99. The molecule has 2 aromatic carbocycles. The predicted molar refractivity (Wildman–Crippen MR) is 110 cm³/mol. The first-order valence-corrected chi connectivity index (χ1v) is 10.2. The number of aromatic nitrogens is 3. The highest BCUT2D eigenvalue weighted by Crippen LogP contribution is 2.27. The number of aromatic amines is 1. The van der Waals surface area contributed by atoms with Gasteiger partial charge in [0.2, 0.25) is 5.91 Å². The van der Waals surface area contributed by atoms with Crippen LogP contribution in [0.5, 0.6) is 0 Å². The Morgan fingerprint density at radius 2 is 1.86 bits per heavy atom. The molecule has 2 heterocycles. The number of carbonyl (C=O) groups is 1. The first-order valence-electron chi connectivity index (χ1n) is 9.21. The smallest absolute Gasteiger partial charge is 0.273 e. The van der Waals surface area contributed by atoms with Crippen LogP contribution in [0.15, 0.2) is 64.5 Å². The van der Waals surface area contributed by atoms with E-state index in [1.54, 1.807) is 0 Å². The molecule has 1 amide bonds. The summed E-state index contributed by atoms with van der Waals surface area (Å²) in [6.45, 7) is 0.717. The normalized spacial score (nSPS) is 13.2. The number of carbonyl (C=O) groups excluding carboxylic acids is 1. The predicted octanol–water partition coefficient (Wildman–Crippen LogP) is 2.83. The van der Waals surface area contributed by atoms with E-state index in [0.717, 1.165) is 24.1 Å². The van der Waals surface area contributed by atoms with Gasteiger partial charge in [-0.3, -0.25) is 14.6 Å². The largest absolute Gasteiger partial charge is 0.311 e. The van der Waals surface area contributed by atoms with Crippen molar-refractivity contribution in [3.05, 3.63) is 81.8 Å². The van der Waals surface area contributed by atoms with E-state index in [2.05, 4.69) is 21.2 Å². The fourth-order valence-electron chi connectivity index (χ4n) is 3.32. The molecule has 0 fully saturated rings.